The van der Waals surface area contributed by atoms with E-state index in [-0.39, 0.29) is 11.3 Å². The third-order valence-electron chi connectivity index (χ3n) is 3.70. The first-order chi connectivity index (χ1) is 12.3. The van der Waals surface area contributed by atoms with Gasteiger partial charge in [-0.1, -0.05) is 28.1 Å². The second-order valence-electron chi connectivity index (χ2n) is 5.03. The summed E-state index contributed by atoms with van der Waals surface area (Å²) in [6.07, 6.45) is 1.51. The van der Waals surface area contributed by atoms with E-state index < -0.39 is 7.04 Å². The van der Waals surface area contributed by atoms with Crippen molar-refractivity contribution < 1.29 is 8.85 Å². The van der Waals surface area contributed by atoms with E-state index in [1.165, 1.54) is 16.9 Å². The molecule has 4 aromatic rings. The smallest absolute Gasteiger partial charge is 0.280 e. The first kappa shape index (κ1) is 11.0. The van der Waals surface area contributed by atoms with E-state index in [2.05, 4.69) is 26.0 Å². The maximum atomic E-state index is 12.8. The zero-order valence-corrected chi connectivity index (χ0v) is 13.3. The summed E-state index contributed by atoms with van der Waals surface area (Å²) >= 11 is 3.40. The van der Waals surface area contributed by atoms with Crippen LogP contribution in [0.2, 0.25) is 0 Å². The lowest BCUT2D eigenvalue weighted by Gasteiger charge is -2.07. The van der Waals surface area contributed by atoms with Crippen molar-refractivity contribution in [2.45, 2.75) is 0 Å². The fraction of sp³-hybridized carbons (Fsp3) is 0.0588. The van der Waals surface area contributed by atoms with Gasteiger partial charge in [-0.15, -0.1) is 0 Å². The molecule has 114 valence electrons. The van der Waals surface area contributed by atoms with E-state index in [1.807, 2.05) is 18.2 Å². The number of pyridine rings is 1. The maximum absolute atomic E-state index is 12.8. The average Bonchev–Trinajstić information content (AvgIpc) is 2.91. The number of methoxy groups -OCH3 is 1. The highest BCUT2D eigenvalue weighted by Gasteiger charge is 2.14. The normalized spacial score (nSPS) is 13.7. The second-order valence-corrected chi connectivity index (χ2v) is 5.95. The number of para-hydroxylation sites is 2. The van der Waals surface area contributed by atoms with Crippen molar-refractivity contribution in [1.82, 2.24) is 14.8 Å². The molecule has 2 heterocycles. The number of H-pyrrole nitrogens is 1. The predicted octanol–water partition coefficient (Wildman–Crippen LogP) is 3.64. The number of nitrogens with one attached hydrogen (secondary N) is 1. The Bertz CT molecular complexity index is 1200. The average molecular weight is 373 g/mol. The van der Waals surface area contributed by atoms with Crippen molar-refractivity contribution in [2.24, 2.45) is 0 Å². The Labute approximate surface area is 143 Å². The lowest BCUT2D eigenvalue weighted by atomic mass is 10.2. The quantitative estimate of drug-likeness (QED) is 0.584. The highest BCUT2D eigenvalue weighted by Crippen LogP contribution is 2.26. The molecule has 0 fully saturated rings. The number of rotatable bonds is 2. The highest BCUT2D eigenvalue weighted by atomic mass is 79.9. The predicted molar refractivity (Wildman–Crippen MR) is 93.4 cm³/mol. The number of benzene rings is 2. The van der Waals surface area contributed by atoms with Gasteiger partial charge in [0.15, 0.2) is 0 Å². The fourth-order valence-electron chi connectivity index (χ4n) is 2.63. The molecule has 0 amide bonds. The van der Waals surface area contributed by atoms with E-state index in [4.69, 9.17) is 8.85 Å². The van der Waals surface area contributed by atoms with Gasteiger partial charge in [-0.3, -0.25) is 14.9 Å². The third-order valence-corrected chi connectivity index (χ3v) is 4.20. The van der Waals surface area contributed by atoms with Gasteiger partial charge in [0, 0.05) is 16.1 Å². The Morgan fingerprint density at radius 1 is 1.26 bits per heavy atom. The second kappa shape index (κ2) is 5.24. The summed E-state index contributed by atoms with van der Waals surface area (Å²) in [5.41, 5.74) is 1.33. The molecule has 0 aliphatic heterocycles. The summed E-state index contributed by atoms with van der Waals surface area (Å²) in [5.74, 6) is 0.0844. The molecular formula is C17H12BrN3O2. The van der Waals surface area contributed by atoms with Gasteiger partial charge in [0.05, 0.1) is 27.6 Å². The van der Waals surface area contributed by atoms with Crippen molar-refractivity contribution in [3.63, 3.8) is 0 Å². The molecule has 0 radical (unpaired) electrons. The van der Waals surface area contributed by atoms with E-state index in [0.717, 1.165) is 15.4 Å². The minimum absolute atomic E-state index is 0.0844. The highest BCUT2D eigenvalue weighted by molar-refractivity contribution is 9.10. The van der Waals surface area contributed by atoms with Gasteiger partial charge in [-0.25, -0.2) is 4.68 Å². The SMILES string of the molecule is [2H]C([2H])([2H])Oc1ccccc1-n1[nH]c2c(cnc3cc(Br)ccc32)c1=O. The molecule has 1 N–H and O–H groups in total. The van der Waals surface area contributed by atoms with Crippen molar-refractivity contribution in [3.05, 3.63) is 63.5 Å². The van der Waals surface area contributed by atoms with E-state index in [9.17, 15) is 4.79 Å². The Morgan fingerprint density at radius 2 is 2.13 bits per heavy atom. The maximum Gasteiger partial charge on any atom is 0.280 e. The van der Waals surface area contributed by atoms with Gasteiger partial charge in [-0.05, 0) is 30.3 Å². The summed E-state index contributed by atoms with van der Waals surface area (Å²) in [6, 6.07) is 12.1. The van der Waals surface area contributed by atoms with Crippen LogP contribution in [0.1, 0.15) is 4.11 Å². The lowest BCUT2D eigenvalue weighted by molar-refractivity contribution is 0.411. The van der Waals surface area contributed by atoms with Gasteiger partial charge < -0.3 is 4.74 Å². The van der Waals surface area contributed by atoms with Gasteiger partial charge in [0.25, 0.3) is 5.56 Å². The Morgan fingerprint density at radius 3 is 3.00 bits per heavy atom. The van der Waals surface area contributed by atoms with Crippen LogP contribution < -0.4 is 10.3 Å². The van der Waals surface area contributed by atoms with Crippen LogP contribution in [0.15, 0.2) is 57.9 Å². The first-order valence-electron chi connectivity index (χ1n) is 8.31. The molecule has 0 atom stereocenters. The van der Waals surface area contributed by atoms with Crippen LogP contribution in [0.25, 0.3) is 27.5 Å². The Hall–Kier alpha value is -2.60. The van der Waals surface area contributed by atoms with Crippen molar-refractivity contribution in [1.29, 1.82) is 0 Å². The lowest BCUT2D eigenvalue weighted by Crippen LogP contribution is -2.15. The van der Waals surface area contributed by atoms with E-state index in [0.29, 0.717) is 16.6 Å². The molecule has 4 rings (SSSR count). The molecule has 0 saturated carbocycles. The minimum Gasteiger partial charge on any atom is -0.494 e. The number of aromatic amines is 1. The first-order valence-corrected chi connectivity index (χ1v) is 7.60. The monoisotopic (exact) mass is 372 g/mol. The van der Waals surface area contributed by atoms with Crippen LogP contribution in [-0.2, 0) is 0 Å². The molecule has 2 aromatic heterocycles. The fourth-order valence-corrected chi connectivity index (χ4v) is 2.98. The molecule has 0 unspecified atom stereocenters. The molecule has 5 nitrogen and oxygen atoms in total. The van der Waals surface area contributed by atoms with Crippen molar-refractivity contribution >= 4 is 37.7 Å². The number of nitrogens with zero attached hydrogens (tertiary/aromatic N) is 2. The molecule has 0 saturated heterocycles. The number of hydrogen-bond acceptors (Lipinski definition) is 3. The molecule has 0 bridgehead atoms. The topological polar surface area (TPSA) is 59.9 Å². The summed E-state index contributed by atoms with van der Waals surface area (Å²) in [4.78, 5) is 17.2. The van der Waals surface area contributed by atoms with Crippen LogP contribution in [0.4, 0.5) is 0 Å². The van der Waals surface area contributed by atoms with E-state index in [1.54, 1.807) is 18.2 Å². The zero-order valence-electron chi connectivity index (χ0n) is 14.7. The number of ether oxygens (including phenoxy) is 1. The van der Waals surface area contributed by atoms with Crippen LogP contribution in [-0.4, -0.2) is 21.8 Å². The third kappa shape index (κ3) is 2.14. The molecule has 0 aliphatic carbocycles. The van der Waals surface area contributed by atoms with Crippen LogP contribution >= 0.6 is 15.9 Å². The molecule has 2 aromatic carbocycles. The van der Waals surface area contributed by atoms with Gasteiger partial charge in [0.1, 0.15) is 11.4 Å². The molecule has 23 heavy (non-hydrogen) atoms. The standard InChI is InChI=1S/C17H12BrN3O2/c1-23-15-5-3-2-4-14(15)21-17(22)12-9-19-13-8-10(18)6-7-11(13)16(12)20-21/h2-9,20H,1H3/i1D3. The van der Waals surface area contributed by atoms with Crippen LogP contribution in [0.3, 0.4) is 0 Å². The summed E-state index contributed by atoms with van der Waals surface area (Å²) in [7, 11) is -2.62. The Kier molecular flexibility index (Phi) is 2.51. The van der Waals surface area contributed by atoms with Gasteiger partial charge in [0.2, 0.25) is 0 Å². The number of halogens is 1. The van der Waals surface area contributed by atoms with Crippen LogP contribution in [0.5, 0.6) is 5.75 Å². The largest absolute Gasteiger partial charge is 0.494 e. The Balaban J connectivity index is 1.98. The molecule has 0 aliphatic rings. The zero-order chi connectivity index (χ0) is 18.5. The molecule has 0 spiro atoms. The number of aromatic nitrogens is 3. The van der Waals surface area contributed by atoms with Crippen molar-refractivity contribution in [3.8, 4) is 11.4 Å². The van der Waals surface area contributed by atoms with Gasteiger partial charge in [-0.2, -0.15) is 0 Å². The number of fused-ring (bicyclic) bond motifs is 3. The molecule has 6 heteroatoms. The summed E-state index contributed by atoms with van der Waals surface area (Å²) in [6.45, 7) is 0. The summed E-state index contributed by atoms with van der Waals surface area (Å²) < 4.78 is 29.1. The summed E-state index contributed by atoms with van der Waals surface area (Å²) in [5, 5.41) is 4.25. The van der Waals surface area contributed by atoms with E-state index >= 15 is 0 Å². The van der Waals surface area contributed by atoms with Gasteiger partial charge >= 0.3 is 0 Å². The van der Waals surface area contributed by atoms with Crippen molar-refractivity contribution in [2.75, 3.05) is 7.04 Å². The molecular weight excluding hydrogens is 358 g/mol. The van der Waals surface area contributed by atoms with Crippen LogP contribution in [0, 0.1) is 0 Å². The minimum atomic E-state index is -2.62. The number of hydrogen-bond donors (Lipinski definition) is 1.